The number of nitrogens with two attached hydrogens (primary N) is 1. The molecule has 2 heterocycles. The normalized spacial score (nSPS) is 40.1. The van der Waals surface area contributed by atoms with Gasteiger partial charge in [0.2, 0.25) is 5.91 Å². The molecular formula is C12H22N2OS. The summed E-state index contributed by atoms with van der Waals surface area (Å²) in [6, 6.07) is 0.160. The van der Waals surface area contributed by atoms with Crippen molar-refractivity contribution < 1.29 is 4.79 Å². The van der Waals surface area contributed by atoms with E-state index in [1.54, 1.807) is 0 Å². The lowest BCUT2D eigenvalue weighted by Crippen LogP contribution is -2.54. The molecule has 0 radical (unpaired) electrons. The lowest BCUT2D eigenvalue weighted by molar-refractivity contribution is -0.135. The second-order valence-electron chi connectivity index (χ2n) is 5.36. The third kappa shape index (κ3) is 2.23. The zero-order chi connectivity index (χ0) is 11.8. The van der Waals surface area contributed by atoms with Gasteiger partial charge >= 0.3 is 0 Å². The standard InChI is InChI=1S/C12H22N2OS/c1-9-4-6-14(8-10(9)13)11(15)12(2)5-3-7-16-12/h9-10H,3-8,13H2,1-2H3. The van der Waals surface area contributed by atoms with Gasteiger partial charge in [-0.15, -0.1) is 11.8 Å². The molecule has 1 amide bonds. The second kappa shape index (κ2) is 4.57. The Balaban J connectivity index is 2.00. The van der Waals surface area contributed by atoms with Gasteiger partial charge in [-0.1, -0.05) is 6.92 Å². The summed E-state index contributed by atoms with van der Waals surface area (Å²) in [5, 5.41) is 0. The number of hydrogen-bond acceptors (Lipinski definition) is 3. The number of carbonyl (C=O) groups excluding carboxylic acids is 1. The number of piperidine rings is 1. The molecule has 92 valence electrons. The summed E-state index contributed by atoms with van der Waals surface area (Å²) < 4.78 is -0.166. The first-order valence-corrected chi connectivity index (χ1v) is 7.20. The number of thioether (sulfide) groups is 1. The average Bonchev–Trinajstić information content (AvgIpc) is 2.70. The van der Waals surface area contributed by atoms with E-state index in [1.807, 2.05) is 16.7 Å². The van der Waals surface area contributed by atoms with Crippen molar-refractivity contribution in [2.24, 2.45) is 11.7 Å². The van der Waals surface area contributed by atoms with Crippen molar-refractivity contribution in [3.05, 3.63) is 0 Å². The molecule has 2 aliphatic heterocycles. The molecule has 2 fully saturated rings. The van der Waals surface area contributed by atoms with Crippen LogP contribution in [-0.2, 0) is 4.79 Å². The van der Waals surface area contributed by atoms with E-state index < -0.39 is 0 Å². The highest BCUT2D eigenvalue weighted by atomic mass is 32.2. The molecule has 3 unspecified atom stereocenters. The van der Waals surface area contributed by atoms with Gasteiger partial charge in [-0.25, -0.2) is 0 Å². The first-order valence-electron chi connectivity index (χ1n) is 6.22. The number of carbonyl (C=O) groups is 1. The summed E-state index contributed by atoms with van der Waals surface area (Å²) >= 11 is 1.82. The van der Waals surface area contributed by atoms with Gasteiger partial charge in [-0.05, 0) is 37.9 Å². The molecule has 16 heavy (non-hydrogen) atoms. The van der Waals surface area contributed by atoms with Crippen molar-refractivity contribution in [3.63, 3.8) is 0 Å². The van der Waals surface area contributed by atoms with E-state index in [-0.39, 0.29) is 10.8 Å². The molecule has 3 atom stereocenters. The van der Waals surface area contributed by atoms with E-state index >= 15 is 0 Å². The molecule has 0 spiro atoms. The molecule has 0 bridgehead atoms. The highest BCUT2D eigenvalue weighted by molar-refractivity contribution is 8.01. The van der Waals surface area contributed by atoms with Crippen molar-refractivity contribution in [2.75, 3.05) is 18.8 Å². The minimum Gasteiger partial charge on any atom is -0.340 e. The van der Waals surface area contributed by atoms with Crippen LogP contribution in [0.4, 0.5) is 0 Å². The van der Waals surface area contributed by atoms with Crippen LogP contribution in [0.3, 0.4) is 0 Å². The van der Waals surface area contributed by atoms with Crippen LogP contribution in [0.25, 0.3) is 0 Å². The molecule has 2 saturated heterocycles. The van der Waals surface area contributed by atoms with Crippen molar-refractivity contribution in [2.45, 2.75) is 43.9 Å². The maximum absolute atomic E-state index is 12.4. The van der Waals surface area contributed by atoms with Gasteiger partial charge < -0.3 is 10.6 Å². The average molecular weight is 242 g/mol. The number of rotatable bonds is 1. The number of amides is 1. The minimum atomic E-state index is -0.166. The van der Waals surface area contributed by atoms with Crippen molar-refractivity contribution in [1.29, 1.82) is 0 Å². The number of likely N-dealkylation sites (tertiary alicyclic amines) is 1. The summed E-state index contributed by atoms with van der Waals surface area (Å²) in [6.07, 6.45) is 3.24. The molecule has 0 aliphatic carbocycles. The molecule has 0 aromatic rings. The lowest BCUT2D eigenvalue weighted by Gasteiger charge is -2.38. The monoisotopic (exact) mass is 242 g/mol. The van der Waals surface area contributed by atoms with Crippen LogP contribution < -0.4 is 5.73 Å². The highest BCUT2D eigenvalue weighted by Gasteiger charge is 2.41. The van der Waals surface area contributed by atoms with Crippen LogP contribution in [0.15, 0.2) is 0 Å². The molecule has 2 N–H and O–H groups in total. The fourth-order valence-electron chi connectivity index (χ4n) is 2.57. The zero-order valence-electron chi connectivity index (χ0n) is 10.2. The fraction of sp³-hybridized carbons (Fsp3) is 0.917. The maximum atomic E-state index is 12.4. The summed E-state index contributed by atoms with van der Waals surface area (Å²) in [4.78, 5) is 14.4. The maximum Gasteiger partial charge on any atom is 0.238 e. The Morgan fingerprint density at radius 2 is 2.31 bits per heavy atom. The van der Waals surface area contributed by atoms with Crippen LogP contribution in [0, 0.1) is 5.92 Å². The van der Waals surface area contributed by atoms with E-state index in [0.717, 1.165) is 31.7 Å². The fourth-order valence-corrected chi connectivity index (χ4v) is 3.85. The molecule has 0 aromatic heterocycles. The first kappa shape index (κ1) is 12.2. The van der Waals surface area contributed by atoms with Gasteiger partial charge in [0.15, 0.2) is 0 Å². The van der Waals surface area contributed by atoms with Gasteiger partial charge in [-0.2, -0.15) is 0 Å². The van der Waals surface area contributed by atoms with Gasteiger partial charge in [0, 0.05) is 19.1 Å². The first-order chi connectivity index (χ1) is 7.53. The Bertz CT molecular complexity index is 276. The number of nitrogens with zero attached hydrogens (tertiary/aromatic N) is 1. The molecule has 0 saturated carbocycles. The molecular weight excluding hydrogens is 220 g/mol. The van der Waals surface area contributed by atoms with E-state index in [0.29, 0.717) is 11.8 Å². The second-order valence-corrected chi connectivity index (χ2v) is 6.96. The summed E-state index contributed by atoms with van der Waals surface area (Å²) in [5.74, 6) is 1.99. The predicted molar refractivity (Wildman–Crippen MR) is 68.4 cm³/mol. The Kier molecular flexibility index (Phi) is 3.50. The van der Waals surface area contributed by atoms with Crippen LogP contribution >= 0.6 is 11.8 Å². The van der Waals surface area contributed by atoms with Crippen LogP contribution in [0.5, 0.6) is 0 Å². The molecule has 3 nitrogen and oxygen atoms in total. The van der Waals surface area contributed by atoms with Gasteiger partial charge in [0.1, 0.15) is 0 Å². The minimum absolute atomic E-state index is 0.160. The Hall–Kier alpha value is -0.220. The Morgan fingerprint density at radius 1 is 1.56 bits per heavy atom. The smallest absolute Gasteiger partial charge is 0.238 e. The lowest BCUT2D eigenvalue weighted by atomic mass is 9.93. The van der Waals surface area contributed by atoms with Crippen LogP contribution in [-0.4, -0.2) is 40.4 Å². The van der Waals surface area contributed by atoms with Gasteiger partial charge in [0.05, 0.1) is 4.75 Å². The van der Waals surface area contributed by atoms with Gasteiger partial charge in [0.25, 0.3) is 0 Å². The zero-order valence-corrected chi connectivity index (χ0v) is 11.1. The van der Waals surface area contributed by atoms with Crippen molar-refractivity contribution in [3.8, 4) is 0 Å². The van der Waals surface area contributed by atoms with E-state index in [2.05, 4.69) is 13.8 Å². The van der Waals surface area contributed by atoms with Crippen LogP contribution in [0.1, 0.15) is 33.1 Å². The molecule has 2 rings (SSSR count). The van der Waals surface area contributed by atoms with Gasteiger partial charge in [-0.3, -0.25) is 4.79 Å². The Labute approximate surface area is 102 Å². The molecule has 0 aromatic carbocycles. The summed E-state index contributed by atoms with van der Waals surface area (Å²) in [5.41, 5.74) is 6.05. The highest BCUT2D eigenvalue weighted by Crippen LogP contribution is 2.39. The molecule has 4 heteroatoms. The van der Waals surface area contributed by atoms with E-state index in [9.17, 15) is 4.79 Å². The van der Waals surface area contributed by atoms with Crippen molar-refractivity contribution in [1.82, 2.24) is 4.90 Å². The molecule has 2 aliphatic rings. The van der Waals surface area contributed by atoms with E-state index in [1.165, 1.54) is 6.42 Å². The predicted octanol–water partition coefficient (Wildman–Crippen LogP) is 1.47. The summed E-state index contributed by atoms with van der Waals surface area (Å²) in [7, 11) is 0. The quantitative estimate of drug-likeness (QED) is 0.757. The largest absolute Gasteiger partial charge is 0.340 e. The summed E-state index contributed by atoms with van der Waals surface area (Å²) in [6.45, 7) is 5.91. The van der Waals surface area contributed by atoms with Crippen LogP contribution in [0.2, 0.25) is 0 Å². The topological polar surface area (TPSA) is 46.3 Å². The van der Waals surface area contributed by atoms with Crippen molar-refractivity contribution >= 4 is 17.7 Å². The third-order valence-corrected chi connectivity index (χ3v) is 5.48. The Morgan fingerprint density at radius 3 is 2.88 bits per heavy atom. The van der Waals surface area contributed by atoms with E-state index in [4.69, 9.17) is 5.73 Å². The third-order valence-electron chi connectivity index (χ3n) is 3.97. The number of hydrogen-bond donors (Lipinski definition) is 1. The SMILES string of the molecule is CC1CCN(C(=O)C2(C)CCCS2)CC1N.